The van der Waals surface area contributed by atoms with Crippen molar-refractivity contribution in [2.45, 2.75) is 156 Å². The Bertz CT molecular complexity index is 2050. The highest BCUT2D eigenvalue weighted by Gasteiger charge is 2.44. The number of ketones is 1. The molecule has 21 heteroatoms. The van der Waals surface area contributed by atoms with E-state index in [1.807, 2.05) is 13.8 Å². The third-order valence-electron chi connectivity index (χ3n) is 12.1. The lowest BCUT2D eigenvalue weighted by atomic mass is 9.88. The number of carboxylic acid groups (broad SMARTS) is 1. The van der Waals surface area contributed by atoms with E-state index in [-0.39, 0.29) is 37.4 Å². The number of aliphatic hydroxyl groups is 1. The molecule has 71 heavy (non-hydrogen) atoms. The molecule has 0 saturated heterocycles. The molecule has 0 radical (unpaired) electrons. The van der Waals surface area contributed by atoms with Crippen LogP contribution in [0.15, 0.2) is 42.6 Å². The highest BCUT2D eigenvalue weighted by atomic mass is 16.6. The fourth-order valence-corrected chi connectivity index (χ4v) is 7.41. The summed E-state index contributed by atoms with van der Waals surface area (Å²) in [5.41, 5.74) is 0.175. The van der Waals surface area contributed by atoms with Gasteiger partial charge < -0.3 is 55.1 Å². The minimum Gasteiger partial charge on any atom is -0.480 e. The largest absolute Gasteiger partial charge is 0.480 e. The lowest BCUT2D eigenvalue weighted by molar-refractivity contribution is -0.170. The monoisotopic (exact) mass is 1000 g/mol. The number of Topliss-reactive ketones (excluding diaryl/α,β-unsaturated/α-hetero) is 1. The van der Waals surface area contributed by atoms with Crippen LogP contribution in [0.1, 0.15) is 101 Å². The van der Waals surface area contributed by atoms with E-state index >= 15 is 0 Å². The number of ether oxygens (including phenoxy) is 3. The van der Waals surface area contributed by atoms with E-state index in [0.717, 1.165) is 21.7 Å². The van der Waals surface area contributed by atoms with Crippen molar-refractivity contribution in [1.82, 2.24) is 30.7 Å². The second kappa shape index (κ2) is 29.2. The first-order valence-electron chi connectivity index (χ1n) is 23.7. The molecule has 0 aliphatic rings. The molecule has 0 fully saturated rings. The molecule has 0 heterocycles. The number of methoxy groups -OCH3 is 1. The van der Waals surface area contributed by atoms with Crippen molar-refractivity contribution >= 4 is 59.1 Å². The normalized spacial score (nSPS) is 15.5. The van der Waals surface area contributed by atoms with Crippen molar-refractivity contribution in [2.24, 2.45) is 23.7 Å². The number of rotatable bonds is 29. The second-order valence-corrected chi connectivity index (χ2v) is 18.9. The summed E-state index contributed by atoms with van der Waals surface area (Å²) in [6, 6.07) is 1.39. The summed E-state index contributed by atoms with van der Waals surface area (Å²) in [6.07, 6.45) is -5.58. The number of aliphatic carboxylic acids is 1. The fourth-order valence-electron chi connectivity index (χ4n) is 7.41. The van der Waals surface area contributed by atoms with Crippen LogP contribution in [0.4, 0.5) is 0 Å². The summed E-state index contributed by atoms with van der Waals surface area (Å²) in [7, 11) is 4.87. The van der Waals surface area contributed by atoms with Gasteiger partial charge in [0.15, 0.2) is 12.1 Å². The zero-order chi connectivity index (χ0) is 54.8. The molecule has 10 atom stereocenters. The smallest absolute Gasteiger partial charge is 0.329 e. The van der Waals surface area contributed by atoms with Crippen LogP contribution in [-0.2, 0) is 68.6 Å². The van der Waals surface area contributed by atoms with Gasteiger partial charge in [0.05, 0.1) is 18.1 Å². The van der Waals surface area contributed by atoms with Crippen LogP contribution >= 0.6 is 0 Å². The van der Waals surface area contributed by atoms with Gasteiger partial charge in [-0.25, -0.2) is 9.59 Å². The number of nitrogens with zero attached hydrogens (tertiary/aromatic N) is 3. The number of hydrogen-bond donors (Lipinski definition) is 5. The van der Waals surface area contributed by atoms with Crippen molar-refractivity contribution in [2.75, 3.05) is 28.3 Å². The van der Waals surface area contributed by atoms with Gasteiger partial charge in [0.1, 0.15) is 41.8 Å². The predicted molar refractivity (Wildman–Crippen MR) is 260 cm³/mol. The molecular weight excluding hydrogens is 925 g/mol. The Kier molecular flexibility index (Phi) is 25.8. The number of nitrogens with one attached hydrogen (secondary N) is 3. The van der Waals surface area contributed by atoms with Gasteiger partial charge in [-0.2, -0.15) is 0 Å². The Morgan fingerprint density at radius 3 is 1.80 bits per heavy atom. The lowest BCUT2D eigenvalue weighted by Gasteiger charge is -2.37. The molecule has 398 valence electrons. The number of carbonyl (C=O) groups is 10. The van der Waals surface area contributed by atoms with E-state index < -0.39 is 131 Å². The Hall–Kier alpha value is -6.22. The molecule has 1 aromatic carbocycles. The average molecular weight is 1000 g/mol. The highest BCUT2D eigenvalue weighted by molar-refractivity contribution is 6.01. The second-order valence-electron chi connectivity index (χ2n) is 18.9. The molecular formula is C50H78N6O15. The first kappa shape index (κ1) is 62.8. The number of aliphatic hydroxyl groups excluding tert-OH is 1. The number of likely N-dealkylation sites (N-methyl/N-ethyl adjacent to an activating group) is 3. The molecule has 5 N–H and O–H groups in total. The van der Waals surface area contributed by atoms with Crippen LogP contribution < -0.4 is 16.0 Å². The molecule has 0 spiro atoms. The lowest BCUT2D eigenvalue weighted by Crippen LogP contribution is -2.63. The van der Waals surface area contributed by atoms with Crippen molar-refractivity contribution in [1.29, 1.82) is 0 Å². The summed E-state index contributed by atoms with van der Waals surface area (Å²) < 4.78 is 16.8. The van der Waals surface area contributed by atoms with Crippen LogP contribution in [0.25, 0.3) is 0 Å². The Morgan fingerprint density at radius 2 is 1.32 bits per heavy atom. The van der Waals surface area contributed by atoms with Gasteiger partial charge in [0.2, 0.25) is 23.6 Å². The van der Waals surface area contributed by atoms with Crippen LogP contribution in [0.3, 0.4) is 0 Å². The van der Waals surface area contributed by atoms with Crippen molar-refractivity contribution in [3.8, 4) is 0 Å². The number of carboxylic acids is 1. The molecule has 0 saturated carbocycles. The SMILES string of the molecule is C=C(C(=O)N[C@@H](C)C(=O)N(C)[C@@H](C)C(=O)N[C@H](C(=O)N(C)[C@H](C(=O)O)[C@@H](C)OC)[C@H](OC(=O)[C@@H](CC(=O)CC)[C@H](O)C(C)C)C(C)C)N(C)C(=O)[C@@H](Cc1ccccc1)OC(=O)[C@H](CC(C)C)NC(C)=O. The molecule has 1 aromatic rings. The molecule has 0 aromatic heterocycles. The molecule has 0 aliphatic heterocycles. The van der Waals surface area contributed by atoms with Crippen LogP contribution in [0, 0.1) is 23.7 Å². The van der Waals surface area contributed by atoms with Gasteiger partial charge >= 0.3 is 17.9 Å². The molecule has 1 rings (SSSR count). The minimum absolute atomic E-state index is 0.0326. The van der Waals surface area contributed by atoms with Gasteiger partial charge in [-0.3, -0.25) is 38.4 Å². The van der Waals surface area contributed by atoms with E-state index in [1.54, 1.807) is 65.0 Å². The van der Waals surface area contributed by atoms with Crippen LogP contribution in [0.2, 0.25) is 0 Å². The third kappa shape index (κ3) is 18.8. The topological polar surface area (TPSA) is 285 Å². The summed E-state index contributed by atoms with van der Waals surface area (Å²) in [6.45, 7) is 20.7. The predicted octanol–water partition coefficient (Wildman–Crippen LogP) is 2.02. The number of esters is 2. The third-order valence-corrected chi connectivity index (χ3v) is 12.1. The van der Waals surface area contributed by atoms with Crippen LogP contribution in [-0.4, -0.2) is 167 Å². The highest BCUT2D eigenvalue weighted by Crippen LogP contribution is 2.24. The zero-order valence-corrected chi connectivity index (χ0v) is 44.0. The fraction of sp³-hybridized carbons (Fsp3) is 0.640. The van der Waals surface area contributed by atoms with Crippen LogP contribution in [0.5, 0.6) is 0 Å². The molecule has 21 nitrogen and oxygen atoms in total. The number of carbonyl (C=O) groups excluding carboxylic acids is 9. The summed E-state index contributed by atoms with van der Waals surface area (Å²) >= 11 is 0. The standard InChI is InChI=1S/C50H78N6O15/c1-17-35(58)25-36(41(59)27(4)5)49(67)71-42(28(6)7)39(47(64)56(15)40(48(65)66)32(11)69-16)53-44(61)31(10)54(13)45(62)29(8)51-43(60)30(9)55(14)46(63)38(24-34-21-19-18-20-22-34)70-50(68)37(23-26(2)3)52-33(12)57/h18-22,26-29,31-32,36-42,59H,9,17,23-25H2,1-8,10-16H3,(H,51,60)(H,52,57)(H,53,61)(H,65,66)/t29-,31-,32+,36-,37-,38+,39-,40-,41+,42+/m0/s1. The summed E-state index contributed by atoms with van der Waals surface area (Å²) in [5, 5.41) is 28.7. The molecule has 0 aliphatic carbocycles. The van der Waals surface area contributed by atoms with E-state index in [0.29, 0.717) is 5.56 Å². The van der Waals surface area contributed by atoms with E-state index in [2.05, 4.69) is 22.5 Å². The van der Waals surface area contributed by atoms with Gasteiger partial charge in [-0.15, -0.1) is 0 Å². The molecule has 6 amide bonds. The number of amides is 6. The molecule has 0 bridgehead atoms. The van der Waals surface area contributed by atoms with E-state index in [1.165, 1.54) is 48.9 Å². The summed E-state index contributed by atoms with van der Waals surface area (Å²) in [4.78, 5) is 137. The van der Waals surface area contributed by atoms with Crippen molar-refractivity contribution in [3.63, 3.8) is 0 Å². The van der Waals surface area contributed by atoms with Gasteiger partial charge in [0.25, 0.3) is 11.8 Å². The Morgan fingerprint density at radius 1 is 0.746 bits per heavy atom. The quantitative estimate of drug-likeness (QED) is 0.0567. The van der Waals surface area contributed by atoms with Gasteiger partial charge in [0, 0.05) is 54.4 Å². The first-order valence-corrected chi connectivity index (χ1v) is 23.7. The van der Waals surface area contributed by atoms with E-state index in [9.17, 15) is 58.2 Å². The van der Waals surface area contributed by atoms with Crippen molar-refractivity contribution in [3.05, 3.63) is 48.2 Å². The maximum Gasteiger partial charge on any atom is 0.329 e. The Balaban J connectivity index is 3.50. The van der Waals surface area contributed by atoms with Gasteiger partial charge in [-0.1, -0.05) is 85.4 Å². The summed E-state index contributed by atoms with van der Waals surface area (Å²) in [5.74, 6) is -11.4. The number of hydrogen-bond acceptors (Lipinski definition) is 14. The first-order chi connectivity index (χ1) is 32.9. The van der Waals surface area contributed by atoms with E-state index in [4.69, 9.17) is 14.2 Å². The number of benzene rings is 1. The minimum atomic E-state index is -1.79. The maximum absolute atomic E-state index is 14.4. The maximum atomic E-state index is 14.4. The average Bonchev–Trinajstić information content (AvgIpc) is 3.31. The van der Waals surface area contributed by atoms with Crippen molar-refractivity contribution < 1.29 is 72.4 Å². The molecule has 0 unspecified atom stereocenters. The Labute approximate surface area is 417 Å². The zero-order valence-electron chi connectivity index (χ0n) is 44.0. The van der Waals surface area contributed by atoms with Gasteiger partial charge in [-0.05, 0) is 50.5 Å².